The second-order valence-electron chi connectivity index (χ2n) is 14.8. The van der Waals surface area contributed by atoms with Crippen molar-refractivity contribution in [2.75, 3.05) is 31.3 Å². The molecule has 0 aromatic carbocycles. The number of phosphoric ester groups is 2. The summed E-state index contributed by atoms with van der Waals surface area (Å²) >= 11 is 0. The second-order valence-corrected chi connectivity index (χ2v) is 17.5. The van der Waals surface area contributed by atoms with Crippen LogP contribution in [0.15, 0.2) is 66.9 Å². The molecule has 4 aromatic rings. The third-order valence-electron chi connectivity index (χ3n) is 10.3. The second kappa shape index (κ2) is 20.6. The number of rotatable bonds is 20. The van der Waals surface area contributed by atoms with E-state index >= 15 is 0 Å². The summed E-state index contributed by atoms with van der Waals surface area (Å²) in [5.74, 6) is -1.70. The molecule has 11 atom stereocenters. The number of carbonyl (C=O) groups is 2. The topological polar surface area (TPSA) is 378 Å². The number of aliphatic hydroxyl groups is 1. The standard InChI is InChI=1S/C36H46N10O17P2/c1-2-3-7-24(47)43-20(13-19-6-4-10-39-14-19)35(49)62-28-21(59-33(27(28)48)46-18-42-26-31(38)40-17-41-32(26)46)16-58-65(54,55)63-29-22(15-57-64(51,52)53)60-34(30(29)61-25-8-5-12-56-25)45-11-9-23(37)44-36(45)50/h2,4,6,9-11,14,17-18,20-22,25,27-30,33-34,48H,1,3,5,7-8,12-13,15-16H2,(H,43,47)(H,54,55)(H2,37,44,50)(H2,38,40,41)(H2,51,52,53)/t20-,21+,22+,25?,27+,28+,29+,30+,33+,34+/m0/s1. The van der Waals surface area contributed by atoms with Gasteiger partial charge in [-0.15, -0.1) is 6.58 Å². The molecule has 0 saturated carbocycles. The fourth-order valence-electron chi connectivity index (χ4n) is 7.26. The molecule has 0 bridgehead atoms. The lowest BCUT2D eigenvalue weighted by Crippen LogP contribution is -2.47. The Morgan fingerprint density at radius 1 is 1.03 bits per heavy atom. The van der Waals surface area contributed by atoms with Gasteiger partial charge in [-0.25, -0.2) is 33.7 Å². The molecule has 0 radical (unpaired) electrons. The number of hydrogen-bond acceptors (Lipinski definition) is 21. The highest BCUT2D eigenvalue weighted by atomic mass is 31.2. The van der Waals surface area contributed by atoms with Crippen molar-refractivity contribution in [3.8, 4) is 0 Å². The van der Waals surface area contributed by atoms with Gasteiger partial charge in [0.05, 0.1) is 19.5 Å². The van der Waals surface area contributed by atoms with Crippen LogP contribution in [0.3, 0.4) is 0 Å². The van der Waals surface area contributed by atoms with Crippen molar-refractivity contribution < 1.29 is 75.8 Å². The highest BCUT2D eigenvalue weighted by Gasteiger charge is 2.54. The summed E-state index contributed by atoms with van der Waals surface area (Å²) < 4.78 is 73.4. The number of phosphoric acid groups is 2. The van der Waals surface area contributed by atoms with Crippen LogP contribution in [0.25, 0.3) is 11.2 Å². The van der Waals surface area contributed by atoms with Gasteiger partial charge >= 0.3 is 27.3 Å². The third-order valence-corrected chi connectivity index (χ3v) is 11.7. The fourth-order valence-corrected chi connectivity index (χ4v) is 8.56. The van der Waals surface area contributed by atoms with Crippen LogP contribution < -0.4 is 22.5 Å². The van der Waals surface area contributed by atoms with Crippen molar-refractivity contribution in [3.63, 3.8) is 0 Å². The number of nitrogens with two attached hydrogens (primary N) is 2. The molecule has 29 heteroatoms. The number of amides is 1. The van der Waals surface area contributed by atoms with Gasteiger partial charge in [-0.1, -0.05) is 12.1 Å². The Labute approximate surface area is 367 Å². The number of allylic oxidation sites excluding steroid dienone is 1. The lowest BCUT2D eigenvalue weighted by atomic mass is 10.1. The number of nitrogens with zero attached hydrogens (tertiary/aromatic N) is 7. The van der Waals surface area contributed by atoms with E-state index in [1.54, 1.807) is 12.1 Å². The summed E-state index contributed by atoms with van der Waals surface area (Å²) in [5, 5.41) is 14.4. The van der Waals surface area contributed by atoms with Gasteiger partial charge < -0.3 is 60.3 Å². The van der Waals surface area contributed by atoms with Crippen LogP contribution in [0.4, 0.5) is 11.6 Å². The maximum atomic E-state index is 14.0. The van der Waals surface area contributed by atoms with E-state index in [1.165, 1.54) is 41.6 Å². The molecular formula is C36H46N10O17P2. The summed E-state index contributed by atoms with van der Waals surface area (Å²) in [6.45, 7) is 1.99. The number of esters is 1. The monoisotopic (exact) mass is 952 g/mol. The molecule has 65 heavy (non-hydrogen) atoms. The molecule has 3 aliphatic heterocycles. The van der Waals surface area contributed by atoms with Crippen molar-refractivity contribution in [2.24, 2.45) is 0 Å². The van der Waals surface area contributed by atoms with Crippen molar-refractivity contribution >= 4 is 50.3 Å². The minimum absolute atomic E-state index is 0.00477. The minimum atomic E-state index is -5.42. The van der Waals surface area contributed by atoms with Gasteiger partial charge in [0.2, 0.25) is 5.91 Å². The van der Waals surface area contributed by atoms with Crippen LogP contribution in [-0.2, 0) is 62.4 Å². The molecular weight excluding hydrogens is 906 g/mol. The van der Waals surface area contributed by atoms with Gasteiger partial charge in [0, 0.05) is 44.5 Å². The first-order valence-corrected chi connectivity index (χ1v) is 22.9. The molecule has 1 amide bonds. The van der Waals surface area contributed by atoms with E-state index in [1.807, 2.05) is 0 Å². The van der Waals surface area contributed by atoms with E-state index in [-0.39, 0.29) is 42.2 Å². The van der Waals surface area contributed by atoms with Crippen LogP contribution in [0.1, 0.15) is 43.7 Å². The molecule has 7 rings (SSSR count). The molecule has 3 fully saturated rings. The average Bonchev–Trinajstić information content (AvgIpc) is 4.06. The molecule has 3 saturated heterocycles. The Hall–Kier alpha value is -5.12. The average molecular weight is 953 g/mol. The highest BCUT2D eigenvalue weighted by molar-refractivity contribution is 7.47. The maximum Gasteiger partial charge on any atom is 0.472 e. The van der Waals surface area contributed by atoms with Gasteiger partial charge in [0.1, 0.15) is 54.2 Å². The SMILES string of the molecule is C=CCCC(=O)N[C@@H](Cc1cccnc1)C(=O)O[C@H]1[C@@H](O)[C@H](n2cnc3c(N)ncnc32)O[C@@H]1COP(=O)(O)O[C@H]1[C@@H](OC2CCCO2)[C@H](n2ccc(N)nc2=O)O[C@@H]1COP(=O)(O)O. The summed E-state index contributed by atoms with van der Waals surface area (Å²) in [4.78, 5) is 90.3. The molecule has 0 aliphatic carbocycles. The van der Waals surface area contributed by atoms with Crippen LogP contribution >= 0.6 is 15.6 Å². The zero-order valence-corrected chi connectivity index (χ0v) is 35.9. The Morgan fingerprint density at radius 2 is 1.80 bits per heavy atom. The van der Waals surface area contributed by atoms with E-state index in [2.05, 4.69) is 41.3 Å². The molecule has 2 unspecified atom stereocenters. The number of aliphatic hydroxyl groups excluding tert-OH is 1. The zero-order valence-electron chi connectivity index (χ0n) is 34.1. The Balaban J connectivity index is 1.16. The van der Waals surface area contributed by atoms with E-state index in [4.69, 9.17) is 44.2 Å². The molecule has 9 N–H and O–H groups in total. The Morgan fingerprint density at radius 3 is 2.51 bits per heavy atom. The number of nitrogen functional groups attached to an aromatic ring is 2. The minimum Gasteiger partial charge on any atom is -0.455 e. The number of imidazole rings is 1. The van der Waals surface area contributed by atoms with Gasteiger partial charge in [-0.3, -0.25) is 32.5 Å². The van der Waals surface area contributed by atoms with E-state index < -0.39 is 108 Å². The normalized spacial score (nSPS) is 27.0. The number of aromatic nitrogens is 7. The third kappa shape index (κ3) is 11.8. The molecule has 4 aromatic heterocycles. The molecule has 7 heterocycles. The molecule has 352 valence electrons. The lowest BCUT2D eigenvalue weighted by Gasteiger charge is -2.29. The summed E-state index contributed by atoms with van der Waals surface area (Å²) in [7, 11) is -10.6. The van der Waals surface area contributed by atoms with Crippen LogP contribution in [0, 0.1) is 0 Å². The first-order valence-electron chi connectivity index (χ1n) is 19.9. The lowest BCUT2D eigenvalue weighted by molar-refractivity contribution is -0.181. The number of fused-ring (bicyclic) bond motifs is 1. The maximum absolute atomic E-state index is 14.0. The van der Waals surface area contributed by atoms with E-state index in [0.717, 1.165) is 10.9 Å². The first-order chi connectivity index (χ1) is 31.0. The van der Waals surface area contributed by atoms with Crippen molar-refractivity contribution in [1.29, 1.82) is 0 Å². The Bertz CT molecular complexity index is 2470. The number of anilines is 2. The quantitative estimate of drug-likeness (QED) is 0.0335. The highest BCUT2D eigenvalue weighted by Crippen LogP contribution is 2.51. The zero-order chi connectivity index (χ0) is 46.5. The molecule has 3 aliphatic rings. The number of hydrogen-bond donors (Lipinski definition) is 7. The van der Waals surface area contributed by atoms with Gasteiger partial charge in [0.15, 0.2) is 36.3 Å². The Kier molecular flexibility index (Phi) is 15.2. The molecule has 0 spiro atoms. The summed E-state index contributed by atoms with van der Waals surface area (Å²) in [6.07, 6.45) is -4.68. The van der Waals surface area contributed by atoms with Crippen LogP contribution in [0.2, 0.25) is 0 Å². The van der Waals surface area contributed by atoms with Crippen molar-refractivity contribution in [2.45, 2.75) is 93.5 Å². The van der Waals surface area contributed by atoms with E-state index in [9.17, 15) is 43.3 Å². The van der Waals surface area contributed by atoms with E-state index in [0.29, 0.717) is 24.8 Å². The first kappa shape index (κ1) is 47.8. The summed E-state index contributed by atoms with van der Waals surface area (Å²) in [6, 6.07) is 3.22. The number of carbonyl (C=O) groups excluding carboxylic acids is 2. The smallest absolute Gasteiger partial charge is 0.455 e. The fraction of sp³-hybridized carbons (Fsp3) is 0.500. The number of nitrogens with one attached hydrogen (secondary N) is 1. The predicted molar refractivity (Wildman–Crippen MR) is 218 cm³/mol. The predicted octanol–water partition coefficient (Wildman–Crippen LogP) is -0.463. The van der Waals surface area contributed by atoms with Crippen molar-refractivity contribution in [3.05, 3.63) is 78.1 Å². The van der Waals surface area contributed by atoms with Gasteiger partial charge in [0.25, 0.3) is 0 Å². The van der Waals surface area contributed by atoms with Crippen LogP contribution in [-0.4, -0.2) is 134 Å². The summed E-state index contributed by atoms with van der Waals surface area (Å²) in [5.41, 5.74) is 11.5. The molecule has 27 nitrogen and oxygen atoms in total. The van der Waals surface area contributed by atoms with Gasteiger partial charge in [-0.2, -0.15) is 4.98 Å². The number of pyridine rings is 1. The largest absolute Gasteiger partial charge is 0.472 e. The van der Waals surface area contributed by atoms with Crippen LogP contribution in [0.5, 0.6) is 0 Å². The number of ether oxygens (including phenoxy) is 5. The van der Waals surface area contributed by atoms with Crippen molar-refractivity contribution in [1.82, 2.24) is 39.4 Å². The van der Waals surface area contributed by atoms with Gasteiger partial charge in [-0.05, 0) is 30.5 Å².